The van der Waals surface area contributed by atoms with E-state index in [-0.39, 0.29) is 17.1 Å². The second kappa shape index (κ2) is 24.3. The van der Waals surface area contributed by atoms with E-state index in [2.05, 4.69) is 56.6 Å². The van der Waals surface area contributed by atoms with E-state index in [1.807, 2.05) is 213 Å². The van der Waals surface area contributed by atoms with E-state index in [4.69, 9.17) is 19.7 Å². The third kappa shape index (κ3) is 10.8. The van der Waals surface area contributed by atoms with Crippen molar-refractivity contribution < 1.29 is 24.0 Å². The SMILES string of the molecule is Cc1snnc1/C=C\C1=C(C(=O)OC(c2ccccc2)c2ccccc2)N2C(=O)C(NC(=O)/C(=N\OC(c3ccccc3)(c3ccccc3)c3ccccc3)c3csc(NC(c4ccccc4)(c4ccccc4)c4ccccc4)n3)[C@@H]2SC1. The Morgan fingerprint density at radius 2 is 1.10 bits per heavy atom. The number of hydrogen-bond donors (Lipinski definition) is 2. The molecule has 2 aliphatic rings. The molecule has 1 saturated heterocycles. The number of β-lactam (4-membered cyclic amide) rings is 1. The quantitative estimate of drug-likeness (QED) is 0.0264. The van der Waals surface area contributed by atoms with Crippen LogP contribution in [0.25, 0.3) is 6.08 Å². The van der Waals surface area contributed by atoms with Crippen molar-refractivity contribution in [2.24, 2.45) is 5.16 Å². The van der Waals surface area contributed by atoms with Crippen LogP contribution in [0.4, 0.5) is 5.13 Å². The number of oxime groups is 1. The number of thioether (sulfide) groups is 1. The molecule has 2 amide bonds. The highest BCUT2D eigenvalue weighted by Gasteiger charge is 2.55. The molecule has 0 spiro atoms. The van der Waals surface area contributed by atoms with Gasteiger partial charge in [-0.15, -0.1) is 28.2 Å². The molecular weight excluding hydrogens is 1090 g/mol. The number of rotatable bonds is 19. The number of carbonyl (C=O) groups is 3. The summed E-state index contributed by atoms with van der Waals surface area (Å²) in [6.45, 7) is 1.92. The van der Waals surface area contributed by atoms with Crippen LogP contribution in [0.15, 0.2) is 271 Å². The molecule has 8 aromatic carbocycles. The van der Waals surface area contributed by atoms with Crippen LogP contribution in [0.5, 0.6) is 0 Å². The standard InChI is InChI=1S/C68H53N7O5S3/c1-46-56(72-74-83-46)43-42-49-44-81-64-59(63(77)75(64)60(49)65(78)79-61(47-26-10-2-11-27-47)48-28-12-3-13-29-48)70-62(76)58(73-80-68(53-36-20-7-21-37-53,54-38-22-8-23-39-54)55-40-24-9-25-41-55)57-45-82-66(69-57)71-67(50-30-14-4-15-31-50,51-32-16-5-17-33-51)52-34-18-6-19-35-52/h2-43,45,59,61,64H,44H2,1H3,(H,69,71)(H,70,76)/b43-42-,73-58-/t59?,64-/m0/s1. The molecule has 1 unspecified atom stereocenters. The minimum atomic E-state index is -1.38. The first kappa shape index (κ1) is 54.1. The fraction of sp³-hybridized carbons (Fsp3) is 0.103. The van der Waals surface area contributed by atoms with Crippen LogP contribution in [0, 0.1) is 6.92 Å². The number of thiazole rings is 1. The molecule has 15 heteroatoms. The van der Waals surface area contributed by atoms with Crippen molar-refractivity contribution in [3.63, 3.8) is 0 Å². The number of carbonyl (C=O) groups excluding carboxylic acids is 3. The number of aromatic nitrogens is 3. The molecule has 0 radical (unpaired) electrons. The zero-order valence-corrected chi connectivity index (χ0v) is 47.2. The van der Waals surface area contributed by atoms with E-state index < -0.39 is 46.4 Å². The Hall–Kier alpha value is -9.54. The Morgan fingerprint density at radius 1 is 0.639 bits per heavy atom. The zero-order valence-electron chi connectivity index (χ0n) is 44.8. The number of nitrogens with one attached hydrogen (secondary N) is 2. The summed E-state index contributed by atoms with van der Waals surface area (Å²) in [5.41, 5.74) is 5.60. The number of fused-ring (bicyclic) bond motifs is 1. The van der Waals surface area contributed by atoms with E-state index in [9.17, 15) is 4.79 Å². The highest BCUT2D eigenvalue weighted by molar-refractivity contribution is 8.00. The molecule has 2 aliphatic heterocycles. The number of hydrogen-bond acceptors (Lipinski definition) is 13. The Labute approximate surface area is 493 Å². The third-order valence-corrected chi connectivity index (χ3v) is 17.4. The molecule has 2 N–H and O–H groups in total. The summed E-state index contributed by atoms with van der Waals surface area (Å²) in [6, 6.07) is 77.6. The van der Waals surface area contributed by atoms with Gasteiger partial charge in [0.25, 0.3) is 11.8 Å². The summed E-state index contributed by atoms with van der Waals surface area (Å²) >= 11 is 3.99. The summed E-state index contributed by atoms with van der Waals surface area (Å²) in [5, 5.41) is 17.6. The topological polar surface area (TPSA) is 148 Å². The predicted molar refractivity (Wildman–Crippen MR) is 328 cm³/mol. The first-order chi connectivity index (χ1) is 40.8. The molecule has 408 valence electrons. The van der Waals surface area contributed by atoms with E-state index in [0.29, 0.717) is 22.2 Å². The summed E-state index contributed by atoms with van der Waals surface area (Å²) < 4.78 is 10.6. The first-order valence-electron chi connectivity index (χ1n) is 26.9. The van der Waals surface area contributed by atoms with Crippen molar-refractivity contribution in [1.82, 2.24) is 24.8 Å². The van der Waals surface area contributed by atoms with Crippen LogP contribution in [0.3, 0.4) is 0 Å². The van der Waals surface area contributed by atoms with Gasteiger partial charge in [-0.05, 0) is 57.9 Å². The Kier molecular flexibility index (Phi) is 15.8. The molecule has 2 aromatic heterocycles. The minimum Gasteiger partial charge on any atom is -0.448 e. The number of esters is 1. The van der Waals surface area contributed by atoms with Crippen molar-refractivity contribution in [2.75, 3.05) is 11.1 Å². The zero-order chi connectivity index (χ0) is 56.6. The summed E-state index contributed by atoms with van der Waals surface area (Å²) in [4.78, 5) is 60.1. The second-order valence-corrected chi connectivity index (χ2v) is 22.6. The van der Waals surface area contributed by atoms with Crippen LogP contribution in [0.2, 0.25) is 0 Å². The Balaban J connectivity index is 0.941. The maximum atomic E-state index is 15.6. The van der Waals surface area contributed by atoms with E-state index >= 15 is 9.59 Å². The van der Waals surface area contributed by atoms with Crippen LogP contribution in [0.1, 0.15) is 66.9 Å². The predicted octanol–water partition coefficient (Wildman–Crippen LogP) is 13.1. The largest absolute Gasteiger partial charge is 0.448 e. The van der Waals surface area contributed by atoms with Gasteiger partial charge in [-0.25, -0.2) is 9.78 Å². The van der Waals surface area contributed by atoms with Gasteiger partial charge in [-0.1, -0.05) is 258 Å². The number of allylic oxidation sites excluding steroid dienone is 1. The van der Waals surface area contributed by atoms with E-state index in [1.54, 1.807) is 17.5 Å². The monoisotopic (exact) mass is 1140 g/mol. The number of anilines is 1. The lowest BCUT2D eigenvalue weighted by molar-refractivity contribution is -0.154. The first-order valence-corrected chi connectivity index (χ1v) is 29.6. The second-order valence-electron chi connectivity index (χ2n) is 19.7. The average molecular weight is 1140 g/mol. The molecule has 0 aliphatic carbocycles. The fourth-order valence-electron chi connectivity index (χ4n) is 10.7. The Morgan fingerprint density at radius 3 is 1.55 bits per heavy atom. The molecule has 2 atom stereocenters. The van der Waals surface area contributed by atoms with Crippen molar-refractivity contribution in [3.8, 4) is 0 Å². The molecule has 12 rings (SSSR count). The molecule has 83 heavy (non-hydrogen) atoms. The summed E-state index contributed by atoms with van der Waals surface area (Å²) in [5.74, 6) is -1.64. The van der Waals surface area contributed by atoms with Crippen LogP contribution < -0.4 is 10.6 Å². The van der Waals surface area contributed by atoms with Crippen molar-refractivity contribution in [1.29, 1.82) is 0 Å². The normalized spacial score (nSPS) is 15.4. The lowest BCUT2D eigenvalue weighted by Gasteiger charge is -2.49. The molecular formula is C68H53N7O5S3. The smallest absolute Gasteiger partial charge is 0.356 e. The molecule has 12 nitrogen and oxygen atoms in total. The number of amides is 2. The van der Waals surface area contributed by atoms with Gasteiger partial charge in [0.15, 0.2) is 16.9 Å². The maximum Gasteiger partial charge on any atom is 0.356 e. The van der Waals surface area contributed by atoms with E-state index in [0.717, 1.165) is 49.4 Å². The van der Waals surface area contributed by atoms with E-state index in [1.165, 1.54) is 39.5 Å². The van der Waals surface area contributed by atoms with Crippen molar-refractivity contribution >= 4 is 69.3 Å². The minimum absolute atomic E-state index is 0.0720. The molecule has 1 fully saturated rings. The number of aryl methyl sites for hydroxylation is 1. The van der Waals surface area contributed by atoms with Gasteiger partial charge >= 0.3 is 5.97 Å². The molecule has 4 heterocycles. The van der Waals surface area contributed by atoms with Crippen molar-refractivity contribution in [3.05, 3.63) is 326 Å². The maximum absolute atomic E-state index is 15.6. The van der Waals surface area contributed by atoms with Gasteiger partial charge in [0.05, 0.1) is 0 Å². The molecule has 0 saturated carbocycles. The average Bonchev–Trinajstić information content (AvgIpc) is 2.73. The van der Waals surface area contributed by atoms with Gasteiger partial charge in [-0.2, -0.15) is 0 Å². The lowest BCUT2D eigenvalue weighted by Crippen LogP contribution is -2.71. The number of benzene rings is 8. The number of ether oxygens (including phenoxy) is 1. The van der Waals surface area contributed by atoms with Gasteiger partial charge in [0.1, 0.15) is 34.0 Å². The van der Waals surface area contributed by atoms with Gasteiger partial charge in [0.2, 0.25) is 5.60 Å². The Bertz CT molecular complexity index is 3730. The fourth-order valence-corrected chi connectivity index (χ4v) is 13.2. The third-order valence-electron chi connectivity index (χ3n) is 14.7. The van der Waals surface area contributed by atoms with Crippen LogP contribution >= 0.6 is 34.6 Å². The van der Waals surface area contributed by atoms with Crippen LogP contribution in [-0.4, -0.2) is 60.1 Å². The van der Waals surface area contributed by atoms with Gasteiger partial charge in [0, 0.05) is 32.7 Å². The number of nitrogens with zero attached hydrogens (tertiary/aromatic N) is 5. The highest BCUT2D eigenvalue weighted by atomic mass is 32.2. The highest BCUT2D eigenvalue weighted by Crippen LogP contribution is 2.45. The van der Waals surface area contributed by atoms with Crippen molar-refractivity contribution in [2.45, 2.75) is 35.6 Å². The summed E-state index contributed by atoms with van der Waals surface area (Å²) in [7, 11) is 0. The lowest BCUT2D eigenvalue weighted by atomic mass is 9.77. The molecule has 0 bridgehead atoms. The van der Waals surface area contributed by atoms with Gasteiger partial charge in [-0.3, -0.25) is 14.5 Å². The molecule has 10 aromatic rings. The summed E-state index contributed by atoms with van der Waals surface area (Å²) in [6.07, 6.45) is 2.79. The van der Waals surface area contributed by atoms with Gasteiger partial charge < -0.3 is 20.2 Å². The van der Waals surface area contributed by atoms with Crippen LogP contribution in [-0.2, 0) is 35.1 Å².